The van der Waals surface area contributed by atoms with Crippen molar-refractivity contribution >= 4 is 5.96 Å². The molecule has 1 aromatic rings. The van der Waals surface area contributed by atoms with Gasteiger partial charge in [-0.05, 0) is 51.7 Å². The van der Waals surface area contributed by atoms with Crippen molar-refractivity contribution in [3.05, 3.63) is 24.2 Å². The van der Waals surface area contributed by atoms with E-state index in [1.165, 1.54) is 25.9 Å². The van der Waals surface area contributed by atoms with Gasteiger partial charge in [0.05, 0.1) is 12.8 Å². The molecule has 6 heteroatoms. The Hall–Kier alpha value is -1.53. The van der Waals surface area contributed by atoms with Crippen LogP contribution in [0.3, 0.4) is 0 Å². The van der Waals surface area contributed by atoms with Crippen LogP contribution in [-0.2, 0) is 5.60 Å². The van der Waals surface area contributed by atoms with E-state index < -0.39 is 5.60 Å². The Labute approximate surface area is 144 Å². The van der Waals surface area contributed by atoms with Crippen LogP contribution in [0.25, 0.3) is 0 Å². The summed E-state index contributed by atoms with van der Waals surface area (Å²) in [5.74, 6) is 1.31. The van der Waals surface area contributed by atoms with Crippen molar-refractivity contribution in [2.24, 2.45) is 4.99 Å². The molecule has 24 heavy (non-hydrogen) atoms. The molecule has 2 fully saturated rings. The molecule has 3 rings (SSSR count). The molecule has 1 aliphatic heterocycles. The van der Waals surface area contributed by atoms with Gasteiger partial charge >= 0.3 is 0 Å². The van der Waals surface area contributed by atoms with E-state index in [9.17, 15) is 5.11 Å². The average Bonchev–Trinajstić information content (AvgIpc) is 3.26. The molecular formula is C18H30N4O2. The average molecular weight is 334 g/mol. The smallest absolute Gasteiger partial charge is 0.191 e. The largest absolute Gasteiger partial charge is 0.466 e. The zero-order chi connectivity index (χ0) is 17.0. The molecule has 0 amide bonds. The molecule has 6 nitrogen and oxygen atoms in total. The lowest BCUT2D eigenvalue weighted by Crippen LogP contribution is -2.49. The monoisotopic (exact) mass is 334 g/mol. The van der Waals surface area contributed by atoms with E-state index >= 15 is 0 Å². The van der Waals surface area contributed by atoms with Gasteiger partial charge < -0.3 is 25.1 Å². The topological polar surface area (TPSA) is 73.0 Å². The first kappa shape index (κ1) is 17.3. The van der Waals surface area contributed by atoms with E-state index in [0.717, 1.165) is 31.4 Å². The normalized spacial score (nSPS) is 23.0. The zero-order valence-corrected chi connectivity index (χ0v) is 14.8. The summed E-state index contributed by atoms with van der Waals surface area (Å²) in [6.45, 7) is 7.19. The summed E-state index contributed by atoms with van der Waals surface area (Å²) < 4.78 is 5.32. The van der Waals surface area contributed by atoms with E-state index in [1.807, 2.05) is 0 Å². The van der Waals surface area contributed by atoms with Gasteiger partial charge in [0.1, 0.15) is 11.4 Å². The van der Waals surface area contributed by atoms with Gasteiger partial charge in [0.2, 0.25) is 0 Å². The molecule has 3 N–H and O–H groups in total. The van der Waals surface area contributed by atoms with Crippen molar-refractivity contribution < 1.29 is 9.52 Å². The van der Waals surface area contributed by atoms with Crippen LogP contribution in [0.2, 0.25) is 0 Å². The molecule has 2 aliphatic rings. The number of nitrogens with zero attached hydrogens (tertiary/aromatic N) is 2. The van der Waals surface area contributed by atoms with Crippen LogP contribution >= 0.6 is 0 Å². The second-order valence-corrected chi connectivity index (χ2v) is 7.13. The molecule has 1 saturated heterocycles. The molecule has 0 spiro atoms. The maximum atomic E-state index is 10.5. The Morgan fingerprint density at radius 3 is 2.71 bits per heavy atom. The van der Waals surface area contributed by atoms with Gasteiger partial charge in [-0.2, -0.15) is 0 Å². The van der Waals surface area contributed by atoms with Crippen molar-refractivity contribution in [1.82, 2.24) is 15.5 Å². The SMILES string of the molecule is CCNC(=NCC(C)(O)c1ccco1)NC1CCN(C2CC2)CC1. The summed E-state index contributed by atoms with van der Waals surface area (Å²) in [6, 6.07) is 4.87. The summed E-state index contributed by atoms with van der Waals surface area (Å²) in [5, 5.41) is 17.3. The van der Waals surface area contributed by atoms with Gasteiger partial charge in [-0.25, -0.2) is 4.99 Å². The fraction of sp³-hybridized carbons (Fsp3) is 0.722. The fourth-order valence-electron chi connectivity index (χ4n) is 3.26. The number of hydrogen-bond acceptors (Lipinski definition) is 4. The first-order chi connectivity index (χ1) is 11.6. The standard InChI is InChI=1S/C18H30N4O2/c1-3-19-17(20-13-18(2,23)16-5-4-12-24-16)21-14-8-10-22(11-9-14)15-6-7-15/h4-5,12,14-15,23H,3,6-11,13H2,1-2H3,(H2,19,20,21). The number of guanidine groups is 1. The molecule has 1 atom stereocenters. The predicted molar refractivity (Wildman–Crippen MR) is 95.0 cm³/mol. The summed E-state index contributed by atoms with van der Waals surface area (Å²) in [5.41, 5.74) is -1.10. The number of piperidine rings is 1. The predicted octanol–water partition coefficient (Wildman–Crippen LogP) is 1.67. The highest BCUT2D eigenvalue weighted by Gasteiger charge is 2.32. The number of rotatable bonds is 6. The molecule has 0 radical (unpaired) electrons. The highest BCUT2D eigenvalue weighted by Crippen LogP contribution is 2.29. The lowest BCUT2D eigenvalue weighted by atomic mass is 10.0. The first-order valence-corrected chi connectivity index (χ1v) is 9.14. The Bertz CT molecular complexity index is 529. The Morgan fingerprint density at radius 1 is 1.38 bits per heavy atom. The molecule has 1 unspecified atom stereocenters. The lowest BCUT2D eigenvalue weighted by Gasteiger charge is -2.33. The first-order valence-electron chi connectivity index (χ1n) is 9.14. The van der Waals surface area contributed by atoms with Crippen LogP contribution in [0.5, 0.6) is 0 Å². The summed E-state index contributed by atoms with van der Waals surface area (Å²) in [6.07, 6.45) is 6.63. The third-order valence-electron chi connectivity index (χ3n) is 4.87. The van der Waals surface area contributed by atoms with Gasteiger partial charge in [-0.3, -0.25) is 0 Å². The summed E-state index contributed by atoms with van der Waals surface area (Å²) >= 11 is 0. The number of furan rings is 1. The number of hydrogen-bond donors (Lipinski definition) is 3. The van der Waals surface area contributed by atoms with E-state index in [0.29, 0.717) is 11.8 Å². The second-order valence-electron chi connectivity index (χ2n) is 7.13. The van der Waals surface area contributed by atoms with Crippen LogP contribution in [0.4, 0.5) is 0 Å². The van der Waals surface area contributed by atoms with E-state index in [-0.39, 0.29) is 6.54 Å². The number of aliphatic hydroxyl groups is 1. The Morgan fingerprint density at radius 2 is 2.12 bits per heavy atom. The molecule has 0 aromatic carbocycles. The maximum Gasteiger partial charge on any atom is 0.191 e. The molecule has 134 valence electrons. The van der Waals surface area contributed by atoms with Crippen LogP contribution in [0, 0.1) is 0 Å². The van der Waals surface area contributed by atoms with Gasteiger partial charge in [0.15, 0.2) is 5.96 Å². The second kappa shape index (κ2) is 7.57. The van der Waals surface area contributed by atoms with Crippen molar-refractivity contribution in [2.45, 2.75) is 57.2 Å². The Balaban J connectivity index is 1.53. The number of likely N-dealkylation sites (tertiary alicyclic amines) is 1. The highest BCUT2D eigenvalue weighted by molar-refractivity contribution is 5.80. The van der Waals surface area contributed by atoms with E-state index in [2.05, 4.69) is 27.4 Å². The van der Waals surface area contributed by atoms with Crippen molar-refractivity contribution in [1.29, 1.82) is 0 Å². The fourth-order valence-corrected chi connectivity index (χ4v) is 3.26. The van der Waals surface area contributed by atoms with Gasteiger partial charge in [-0.1, -0.05) is 0 Å². The third-order valence-corrected chi connectivity index (χ3v) is 4.87. The minimum Gasteiger partial charge on any atom is -0.466 e. The minimum atomic E-state index is -1.10. The molecule has 0 bridgehead atoms. The van der Waals surface area contributed by atoms with Crippen molar-refractivity contribution in [3.8, 4) is 0 Å². The van der Waals surface area contributed by atoms with Gasteiger partial charge in [0.25, 0.3) is 0 Å². The van der Waals surface area contributed by atoms with Crippen LogP contribution in [-0.4, -0.2) is 54.2 Å². The van der Waals surface area contributed by atoms with Crippen LogP contribution < -0.4 is 10.6 Å². The maximum absolute atomic E-state index is 10.5. The number of aliphatic imine (C=N–C) groups is 1. The molecular weight excluding hydrogens is 304 g/mol. The highest BCUT2D eigenvalue weighted by atomic mass is 16.4. The molecule has 1 aliphatic carbocycles. The molecule has 1 saturated carbocycles. The zero-order valence-electron chi connectivity index (χ0n) is 14.8. The third kappa shape index (κ3) is 4.51. The quantitative estimate of drug-likeness (QED) is 0.545. The summed E-state index contributed by atoms with van der Waals surface area (Å²) in [7, 11) is 0. The van der Waals surface area contributed by atoms with Gasteiger partial charge in [0, 0.05) is 31.7 Å². The Kier molecular flexibility index (Phi) is 5.46. The van der Waals surface area contributed by atoms with E-state index in [1.54, 1.807) is 25.3 Å². The van der Waals surface area contributed by atoms with Crippen molar-refractivity contribution in [3.63, 3.8) is 0 Å². The van der Waals surface area contributed by atoms with Crippen molar-refractivity contribution in [2.75, 3.05) is 26.2 Å². The summed E-state index contributed by atoms with van der Waals surface area (Å²) in [4.78, 5) is 7.19. The van der Waals surface area contributed by atoms with Crippen LogP contribution in [0.15, 0.2) is 27.8 Å². The number of nitrogens with one attached hydrogen (secondary N) is 2. The molecule has 2 heterocycles. The van der Waals surface area contributed by atoms with Gasteiger partial charge in [-0.15, -0.1) is 0 Å². The minimum absolute atomic E-state index is 0.261. The molecule has 1 aromatic heterocycles. The van der Waals surface area contributed by atoms with E-state index in [4.69, 9.17) is 4.42 Å². The van der Waals surface area contributed by atoms with Crippen LogP contribution in [0.1, 0.15) is 45.3 Å². The lowest BCUT2D eigenvalue weighted by molar-refractivity contribution is 0.0436.